The highest BCUT2D eigenvalue weighted by atomic mass is 16.2. The summed E-state index contributed by atoms with van der Waals surface area (Å²) in [7, 11) is 0. The van der Waals surface area contributed by atoms with E-state index in [4.69, 9.17) is 5.73 Å². The fourth-order valence-corrected chi connectivity index (χ4v) is 4.28. The predicted octanol–water partition coefficient (Wildman–Crippen LogP) is 2.41. The van der Waals surface area contributed by atoms with E-state index >= 15 is 0 Å². The number of urea groups is 1. The molecule has 2 aliphatic heterocycles. The minimum absolute atomic E-state index is 0.00168. The molecule has 3 rings (SSSR count). The van der Waals surface area contributed by atoms with Crippen LogP contribution >= 0.6 is 0 Å². The molecule has 2 fully saturated rings. The molecule has 1 aromatic rings. The number of hydrogen-bond acceptors (Lipinski definition) is 3. The Hall–Kier alpha value is -2.08. The van der Waals surface area contributed by atoms with Gasteiger partial charge >= 0.3 is 6.03 Å². The number of carbonyl (C=O) groups is 2. The molecule has 3 N–H and O–H groups in total. The number of nitrogens with zero attached hydrogens (tertiary/aromatic N) is 2. The Kier molecular flexibility index (Phi) is 6.94. The summed E-state index contributed by atoms with van der Waals surface area (Å²) in [6, 6.07) is 10.2. The van der Waals surface area contributed by atoms with E-state index < -0.39 is 0 Å². The monoisotopic (exact) mass is 386 g/mol. The largest absolute Gasteiger partial charge is 0.340 e. The van der Waals surface area contributed by atoms with Crippen LogP contribution in [0.15, 0.2) is 30.3 Å². The van der Waals surface area contributed by atoms with Gasteiger partial charge in [-0.3, -0.25) is 4.79 Å². The molecule has 28 heavy (non-hydrogen) atoms. The molecule has 154 valence electrons. The SMILES string of the molecule is CC(C)CNC(=O)N1CCCC(CC(=O)N2C[C@@H](N)[C@H](c3ccccc3)C2)C1. The van der Waals surface area contributed by atoms with Gasteiger partial charge in [0.1, 0.15) is 0 Å². The van der Waals surface area contributed by atoms with Crippen molar-refractivity contribution in [2.24, 2.45) is 17.6 Å². The normalized spacial score (nSPS) is 25.2. The second kappa shape index (κ2) is 9.41. The molecule has 0 saturated carbocycles. The topological polar surface area (TPSA) is 78.7 Å². The molecule has 3 atom stereocenters. The zero-order chi connectivity index (χ0) is 20.1. The van der Waals surface area contributed by atoms with E-state index in [2.05, 4.69) is 31.3 Å². The Morgan fingerprint density at radius 1 is 1.14 bits per heavy atom. The number of nitrogens with two attached hydrogens (primary N) is 1. The van der Waals surface area contributed by atoms with Crippen molar-refractivity contribution < 1.29 is 9.59 Å². The van der Waals surface area contributed by atoms with Gasteiger partial charge in [0, 0.05) is 51.1 Å². The van der Waals surface area contributed by atoms with Gasteiger partial charge < -0.3 is 20.9 Å². The summed E-state index contributed by atoms with van der Waals surface area (Å²) in [6.45, 7) is 7.60. The molecule has 2 saturated heterocycles. The molecule has 1 unspecified atom stereocenters. The van der Waals surface area contributed by atoms with Crippen molar-refractivity contribution in [3.05, 3.63) is 35.9 Å². The number of piperidine rings is 1. The fraction of sp³-hybridized carbons (Fsp3) is 0.636. The first-order chi connectivity index (χ1) is 13.4. The lowest BCUT2D eigenvalue weighted by molar-refractivity contribution is -0.131. The molecule has 0 aliphatic carbocycles. The summed E-state index contributed by atoms with van der Waals surface area (Å²) in [6.07, 6.45) is 2.46. The standard InChI is InChI=1S/C22H34N4O2/c1-16(2)12-24-22(28)25-10-6-7-17(13-25)11-21(27)26-14-19(20(23)15-26)18-8-4-3-5-9-18/h3-5,8-9,16-17,19-20H,6-7,10-15,23H2,1-2H3,(H,24,28)/t17?,19-,20+/m0/s1. The maximum absolute atomic E-state index is 12.9. The summed E-state index contributed by atoms with van der Waals surface area (Å²) in [5.41, 5.74) is 7.54. The van der Waals surface area contributed by atoms with Crippen molar-refractivity contribution in [1.82, 2.24) is 15.1 Å². The molecule has 0 spiro atoms. The van der Waals surface area contributed by atoms with E-state index in [1.54, 1.807) is 0 Å². The first-order valence-electron chi connectivity index (χ1n) is 10.5. The second-order valence-corrected chi connectivity index (χ2v) is 8.72. The third-order valence-corrected chi connectivity index (χ3v) is 5.88. The van der Waals surface area contributed by atoms with E-state index in [1.807, 2.05) is 28.0 Å². The van der Waals surface area contributed by atoms with Crippen LogP contribution in [0.5, 0.6) is 0 Å². The van der Waals surface area contributed by atoms with Gasteiger partial charge in [-0.15, -0.1) is 0 Å². The third kappa shape index (κ3) is 5.25. The minimum atomic E-state index is -0.0176. The number of rotatable bonds is 5. The zero-order valence-electron chi connectivity index (χ0n) is 17.1. The Morgan fingerprint density at radius 3 is 2.61 bits per heavy atom. The van der Waals surface area contributed by atoms with Crippen LogP contribution in [0.3, 0.4) is 0 Å². The van der Waals surface area contributed by atoms with Crippen molar-refractivity contribution in [3.8, 4) is 0 Å². The lowest BCUT2D eigenvalue weighted by Crippen LogP contribution is -2.47. The fourth-order valence-electron chi connectivity index (χ4n) is 4.28. The number of benzene rings is 1. The van der Waals surface area contributed by atoms with Crippen molar-refractivity contribution in [1.29, 1.82) is 0 Å². The molecule has 0 aromatic heterocycles. The van der Waals surface area contributed by atoms with Gasteiger partial charge in [-0.1, -0.05) is 44.2 Å². The van der Waals surface area contributed by atoms with E-state index in [-0.39, 0.29) is 29.8 Å². The number of carbonyl (C=O) groups excluding carboxylic acids is 2. The van der Waals surface area contributed by atoms with Crippen molar-refractivity contribution in [2.75, 3.05) is 32.7 Å². The van der Waals surface area contributed by atoms with Crippen molar-refractivity contribution >= 4 is 11.9 Å². The van der Waals surface area contributed by atoms with Crippen LogP contribution in [0.25, 0.3) is 0 Å². The van der Waals surface area contributed by atoms with E-state index in [0.717, 1.165) is 19.4 Å². The molecule has 1 aromatic carbocycles. The molecule has 6 heteroatoms. The first kappa shape index (κ1) is 20.6. The van der Waals surface area contributed by atoms with Crippen LogP contribution in [0.2, 0.25) is 0 Å². The van der Waals surface area contributed by atoms with Gasteiger partial charge in [0.15, 0.2) is 0 Å². The van der Waals surface area contributed by atoms with Crippen LogP contribution in [-0.2, 0) is 4.79 Å². The maximum atomic E-state index is 12.9. The molecule has 3 amide bonds. The van der Waals surface area contributed by atoms with Crippen LogP contribution in [-0.4, -0.2) is 60.5 Å². The molecule has 0 bridgehead atoms. The number of likely N-dealkylation sites (tertiary alicyclic amines) is 2. The summed E-state index contributed by atoms with van der Waals surface area (Å²) in [5.74, 6) is 1.04. The van der Waals surface area contributed by atoms with Gasteiger partial charge in [-0.2, -0.15) is 0 Å². The molecule has 2 aliphatic rings. The third-order valence-electron chi connectivity index (χ3n) is 5.88. The molecular formula is C22H34N4O2. The predicted molar refractivity (Wildman–Crippen MR) is 111 cm³/mol. The quantitative estimate of drug-likeness (QED) is 0.816. The van der Waals surface area contributed by atoms with E-state index in [1.165, 1.54) is 5.56 Å². The van der Waals surface area contributed by atoms with Crippen LogP contribution in [0.1, 0.15) is 44.6 Å². The summed E-state index contributed by atoms with van der Waals surface area (Å²) < 4.78 is 0. The molecule has 0 radical (unpaired) electrons. The zero-order valence-corrected chi connectivity index (χ0v) is 17.1. The highest BCUT2D eigenvalue weighted by molar-refractivity contribution is 5.77. The molecule has 2 heterocycles. The Labute approximate surface area is 168 Å². The maximum Gasteiger partial charge on any atom is 0.317 e. The van der Waals surface area contributed by atoms with Crippen LogP contribution in [0, 0.1) is 11.8 Å². The van der Waals surface area contributed by atoms with E-state index in [0.29, 0.717) is 38.5 Å². The summed E-state index contributed by atoms with van der Waals surface area (Å²) >= 11 is 0. The van der Waals surface area contributed by atoms with Crippen molar-refractivity contribution in [2.45, 2.75) is 45.1 Å². The average Bonchev–Trinajstić information content (AvgIpc) is 3.09. The van der Waals surface area contributed by atoms with Gasteiger partial charge in [0.05, 0.1) is 0 Å². The Bertz CT molecular complexity index is 664. The smallest absolute Gasteiger partial charge is 0.317 e. The van der Waals surface area contributed by atoms with Gasteiger partial charge in [-0.25, -0.2) is 4.79 Å². The van der Waals surface area contributed by atoms with Gasteiger partial charge in [0.25, 0.3) is 0 Å². The lowest BCUT2D eigenvalue weighted by atomic mass is 9.94. The van der Waals surface area contributed by atoms with Crippen LogP contribution in [0.4, 0.5) is 4.79 Å². The van der Waals surface area contributed by atoms with Crippen LogP contribution < -0.4 is 11.1 Å². The highest BCUT2D eigenvalue weighted by Gasteiger charge is 2.35. The van der Waals surface area contributed by atoms with Crippen molar-refractivity contribution in [3.63, 3.8) is 0 Å². The second-order valence-electron chi connectivity index (χ2n) is 8.72. The number of nitrogens with one attached hydrogen (secondary N) is 1. The van der Waals surface area contributed by atoms with Gasteiger partial charge in [0.2, 0.25) is 5.91 Å². The van der Waals surface area contributed by atoms with E-state index in [9.17, 15) is 9.59 Å². The number of amides is 3. The average molecular weight is 387 g/mol. The highest BCUT2D eigenvalue weighted by Crippen LogP contribution is 2.28. The molecule has 6 nitrogen and oxygen atoms in total. The summed E-state index contributed by atoms with van der Waals surface area (Å²) in [4.78, 5) is 29.0. The molecular weight excluding hydrogens is 352 g/mol. The minimum Gasteiger partial charge on any atom is -0.340 e. The summed E-state index contributed by atoms with van der Waals surface area (Å²) in [5, 5.41) is 2.99. The lowest BCUT2D eigenvalue weighted by Gasteiger charge is -2.33. The Balaban J connectivity index is 1.51. The van der Waals surface area contributed by atoms with Gasteiger partial charge in [-0.05, 0) is 30.2 Å². The Morgan fingerprint density at radius 2 is 1.89 bits per heavy atom. The first-order valence-corrected chi connectivity index (χ1v) is 10.5. The number of hydrogen-bond donors (Lipinski definition) is 2.